The molecule has 2 fully saturated rings. The molecule has 0 aromatic heterocycles. The van der Waals surface area contributed by atoms with Gasteiger partial charge in [0.15, 0.2) is 0 Å². The SMILES string of the molecule is O=C(c1cccc(F)c1)N1CCC[C@H]2NC[C@H](c3ccc(F)cc3)[C@H]21. The highest BCUT2D eigenvalue weighted by atomic mass is 19.1. The van der Waals surface area contributed by atoms with Crippen molar-refractivity contribution in [2.45, 2.75) is 30.8 Å². The van der Waals surface area contributed by atoms with Crippen molar-refractivity contribution in [3.63, 3.8) is 0 Å². The van der Waals surface area contributed by atoms with E-state index in [0.29, 0.717) is 12.1 Å². The minimum absolute atomic E-state index is 0.00924. The Morgan fingerprint density at radius 3 is 2.64 bits per heavy atom. The molecule has 0 saturated carbocycles. The Morgan fingerprint density at radius 1 is 1.08 bits per heavy atom. The minimum Gasteiger partial charge on any atom is -0.333 e. The molecular formula is C20H20F2N2O. The highest BCUT2D eigenvalue weighted by Crippen LogP contribution is 2.35. The van der Waals surface area contributed by atoms with Crippen LogP contribution < -0.4 is 5.32 Å². The summed E-state index contributed by atoms with van der Waals surface area (Å²) in [5.41, 5.74) is 1.41. The number of likely N-dealkylation sites (tertiary alicyclic amines) is 1. The van der Waals surface area contributed by atoms with Crippen LogP contribution in [0.2, 0.25) is 0 Å². The molecule has 2 aliphatic heterocycles. The van der Waals surface area contributed by atoms with Crippen LogP contribution in [0.15, 0.2) is 48.5 Å². The van der Waals surface area contributed by atoms with Gasteiger partial charge in [-0.05, 0) is 48.7 Å². The van der Waals surface area contributed by atoms with Gasteiger partial charge in [0.25, 0.3) is 5.91 Å². The lowest BCUT2D eigenvalue weighted by atomic mass is 9.85. The average molecular weight is 342 g/mol. The summed E-state index contributed by atoms with van der Waals surface area (Å²) in [6.45, 7) is 1.42. The molecular weight excluding hydrogens is 322 g/mol. The van der Waals surface area contributed by atoms with Crippen LogP contribution in [0.5, 0.6) is 0 Å². The van der Waals surface area contributed by atoms with E-state index in [9.17, 15) is 13.6 Å². The number of carbonyl (C=O) groups excluding carboxylic acids is 1. The van der Waals surface area contributed by atoms with Crippen molar-refractivity contribution in [1.82, 2.24) is 10.2 Å². The van der Waals surface area contributed by atoms with Gasteiger partial charge in [-0.3, -0.25) is 4.79 Å². The van der Waals surface area contributed by atoms with E-state index in [-0.39, 0.29) is 29.7 Å². The van der Waals surface area contributed by atoms with Gasteiger partial charge in [0.05, 0.1) is 6.04 Å². The van der Waals surface area contributed by atoms with Gasteiger partial charge in [0.2, 0.25) is 0 Å². The van der Waals surface area contributed by atoms with E-state index in [1.54, 1.807) is 24.3 Å². The molecule has 0 bridgehead atoms. The normalized spacial score (nSPS) is 25.7. The third-order valence-electron chi connectivity index (χ3n) is 5.33. The van der Waals surface area contributed by atoms with Crippen molar-refractivity contribution in [2.24, 2.45) is 0 Å². The van der Waals surface area contributed by atoms with Gasteiger partial charge < -0.3 is 10.2 Å². The monoisotopic (exact) mass is 342 g/mol. The first kappa shape index (κ1) is 16.2. The fourth-order valence-electron chi connectivity index (χ4n) is 4.19. The molecule has 2 aromatic carbocycles. The Labute approximate surface area is 145 Å². The molecule has 5 heteroatoms. The molecule has 3 atom stereocenters. The van der Waals surface area contributed by atoms with Crippen molar-refractivity contribution in [1.29, 1.82) is 0 Å². The lowest BCUT2D eigenvalue weighted by Gasteiger charge is -2.40. The Hall–Kier alpha value is -2.27. The molecule has 25 heavy (non-hydrogen) atoms. The van der Waals surface area contributed by atoms with Gasteiger partial charge in [-0.1, -0.05) is 18.2 Å². The standard InChI is InChI=1S/C20H20F2N2O/c21-15-8-6-13(7-9-15)17-12-23-18-5-2-10-24(19(17)18)20(25)14-3-1-4-16(22)11-14/h1,3-4,6-9,11,17-19,23H,2,5,10,12H2/t17-,18-,19-/m1/s1. The lowest BCUT2D eigenvalue weighted by Crippen LogP contribution is -2.52. The van der Waals surface area contributed by atoms with E-state index < -0.39 is 5.82 Å². The van der Waals surface area contributed by atoms with Gasteiger partial charge in [-0.2, -0.15) is 0 Å². The highest BCUT2D eigenvalue weighted by molar-refractivity contribution is 5.94. The number of nitrogens with zero attached hydrogens (tertiary/aromatic N) is 1. The highest BCUT2D eigenvalue weighted by Gasteiger charge is 2.44. The molecule has 0 unspecified atom stereocenters. The average Bonchev–Trinajstić information content (AvgIpc) is 3.06. The summed E-state index contributed by atoms with van der Waals surface area (Å²) >= 11 is 0. The number of hydrogen-bond acceptors (Lipinski definition) is 2. The van der Waals surface area contributed by atoms with E-state index in [1.807, 2.05) is 4.90 Å². The van der Waals surface area contributed by atoms with Crippen LogP contribution in [-0.4, -0.2) is 36.0 Å². The number of fused-ring (bicyclic) bond motifs is 1. The maximum Gasteiger partial charge on any atom is 0.254 e. The summed E-state index contributed by atoms with van der Waals surface area (Å²) in [7, 11) is 0. The maximum absolute atomic E-state index is 13.5. The fourth-order valence-corrected chi connectivity index (χ4v) is 4.19. The second-order valence-electron chi connectivity index (χ2n) is 6.81. The molecule has 0 radical (unpaired) electrons. The quantitative estimate of drug-likeness (QED) is 0.908. The number of hydrogen-bond donors (Lipinski definition) is 1. The number of halogens is 2. The smallest absolute Gasteiger partial charge is 0.254 e. The molecule has 130 valence electrons. The van der Waals surface area contributed by atoms with Crippen molar-refractivity contribution >= 4 is 5.91 Å². The molecule has 3 nitrogen and oxygen atoms in total. The van der Waals surface area contributed by atoms with Crippen LogP contribution in [-0.2, 0) is 0 Å². The van der Waals surface area contributed by atoms with E-state index in [1.165, 1.54) is 24.3 Å². The zero-order valence-electron chi connectivity index (χ0n) is 13.8. The van der Waals surface area contributed by atoms with E-state index in [0.717, 1.165) is 24.9 Å². The third-order valence-corrected chi connectivity index (χ3v) is 5.33. The van der Waals surface area contributed by atoms with Crippen molar-refractivity contribution in [2.75, 3.05) is 13.1 Å². The van der Waals surface area contributed by atoms with E-state index in [4.69, 9.17) is 0 Å². The van der Waals surface area contributed by atoms with Crippen molar-refractivity contribution < 1.29 is 13.6 Å². The van der Waals surface area contributed by atoms with Gasteiger partial charge in [0, 0.05) is 30.6 Å². The second kappa shape index (κ2) is 6.56. The van der Waals surface area contributed by atoms with Crippen LogP contribution in [0.1, 0.15) is 34.7 Å². The lowest BCUT2D eigenvalue weighted by molar-refractivity contribution is 0.0578. The van der Waals surface area contributed by atoms with Gasteiger partial charge in [0.1, 0.15) is 11.6 Å². The summed E-state index contributed by atoms with van der Waals surface area (Å²) in [5.74, 6) is -0.685. The second-order valence-corrected chi connectivity index (χ2v) is 6.81. The van der Waals surface area contributed by atoms with Gasteiger partial charge >= 0.3 is 0 Å². The molecule has 1 amide bonds. The number of piperidine rings is 1. The predicted molar refractivity (Wildman–Crippen MR) is 91.4 cm³/mol. The Bertz CT molecular complexity index is 778. The maximum atomic E-state index is 13.5. The molecule has 2 heterocycles. The number of carbonyl (C=O) groups is 1. The van der Waals surface area contributed by atoms with E-state index in [2.05, 4.69) is 5.32 Å². The van der Waals surface area contributed by atoms with Crippen LogP contribution in [0.3, 0.4) is 0 Å². The fraction of sp³-hybridized carbons (Fsp3) is 0.350. The van der Waals surface area contributed by atoms with Crippen LogP contribution >= 0.6 is 0 Å². The predicted octanol–water partition coefficient (Wildman–Crippen LogP) is 3.33. The van der Waals surface area contributed by atoms with Crippen molar-refractivity contribution in [3.8, 4) is 0 Å². The number of benzene rings is 2. The number of amides is 1. The number of rotatable bonds is 2. The van der Waals surface area contributed by atoms with Crippen LogP contribution in [0.25, 0.3) is 0 Å². The summed E-state index contributed by atoms with van der Waals surface area (Å²) in [6.07, 6.45) is 1.93. The molecule has 1 N–H and O–H groups in total. The summed E-state index contributed by atoms with van der Waals surface area (Å²) in [4.78, 5) is 14.9. The summed E-state index contributed by atoms with van der Waals surface area (Å²) in [5, 5.41) is 3.51. The molecule has 2 aliphatic rings. The number of nitrogens with one attached hydrogen (secondary N) is 1. The van der Waals surface area contributed by atoms with Gasteiger partial charge in [-0.15, -0.1) is 0 Å². The first-order chi connectivity index (χ1) is 12.1. The van der Waals surface area contributed by atoms with Crippen molar-refractivity contribution in [3.05, 3.63) is 71.3 Å². The molecule has 0 aliphatic carbocycles. The topological polar surface area (TPSA) is 32.3 Å². The Morgan fingerprint density at radius 2 is 1.88 bits per heavy atom. The van der Waals surface area contributed by atoms with E-state index >= 15 is 0 Å². The molecule has 2 saturated heterocycles. The Balaban J connectivity index is 1.65. The largest absolute Gasteiger partial charge is 0.333 e. The molecule has 4 rings (SSSR count). The summed E-state index contributed by atoms with van der Waals surface area (Å²) < 4.78 is 26.8. The minimum atomic E-state index is -0.404. The van der Waals surface area contributed by atoms with Gasteiger partial charge in [-0.25, -0.2) is 8.78 Å². The zero-order chi connectivity index (χ0) is 17.4. The van der Waals surface area contributed by atoms with Crippen LogP contribution in [0, 0.1) is 11.6 Å². The van der Waals surface area contributed by atoms with Crippen LogP contribution in [0.4, 0.5) is 8.78 Å². The molecule has 2 aromatic rings. The molecule has 0 spiro atoms. The Kier molecular flexibility index (Phi) is 4.25. The third kappa shape index (κ3) is 3.04. The first-order valence-electron chi connectivity index (χ1n) is 8.69. The summed E-state index contributed by atoms with van der Waals surface area (Å²) in [6, 6.07) is 12.6. The zero-order valence-corrected chi connectivity index (χ0v) is 13.8. The first-order valence-corrected chi connectivity index (χ1v) is 8.69.